The summed E-state index contributed by atoms with van der Waals surface area (Å²) in [7, 11) is 0. The SMILES string of the molecule is Cc1nccn1CCOc1cncc(C(=O)O)c1. The van der Waals surface area contributed by atoms with Crippen LogP contribution in [0.15, 0.2) is 30.9 Å². The highest BCUT2D eigenvalue weighted by atomic mass is 16.5. The molecule has 2 aromatic rings. The van der Waals surface area contributed by atoms with Gasteiger partial charge in [0.2, 0.25) is 0 Å². The second-order valence-corrected chi connectivity index (χ2v) is 3.73. The number of aryl methyl sites for hydroxylation is 1. The smallest absolute Gasteiger partial charge is 0.337 e. The summed E-state index contributed by atoms with van der Waals surface area (Å²) in [6.45, 7) is 3.00. The standard InChI is InChI=1S/C12H13N3O3/c1-9-14-2-3-15(9)4-5-18-11-6-10(12(16)17)7-13-8-11/h2-3,6-8H,4-5H2,1H3,(H,16,17). The molecule has 6 nitrogen and oxygen atoms in total. The summed E-state index contributed by atoms with van der Waals surface area (Å²) in [5.41, 5.74) is 0.117. The largest absolute Gasteiger partial charge is 0.490 e. The molecule has 18 heavy (non-hydrogen) atoms. The molecule has 1 N–H and O–H groups in total. The van der Waals surface area contributed by atoms with Gasteiger partial charge in [-0.05, 0) is 13.0 Å². The molecule has 0 aliphatic carbocycles. The van der Waals surface area contributed by atoms with Gasteiger partial charge in [-0.3, -0.25) is 4.98 Å². The van der Waals surface area contributed by atoms with Gasteiger partial charge in [-0.2, -0.15) is 0 Å². The Labute approximate surface area is 104 Å². The fraction of sp³-hybridized carbons (Fsp3) is 0.250. The van der Waals surface area contributed by atoms with Crippen LogP contribution in [0.2, 0.25) is 0 Å². The van der Waals surface area contributed by atoms with Crippen molar-refractivity contribution in [1.82, 2.24) is 14.5 Å². The average molecular weight is 247 g/mol. The molecule has 0 saturated carbocycles. The van der Waals surface area contributed by atoms with E-state index in [0.29, 0.717) is 18.9 Å². The molecule has 0 unspecified atom stereocenters. The molecular weight excluding hydrogens is 234 g/mol. The Morgan fingerprint density at radius 1 is 1.50 bits per heavy atom. The molecule has 6 heteroatoms. The van der Waals surface area contributed by atoms with E-state index < -0.39 is 5.97 Å². The molecule has 0 atom stereocenters. The quantitative estimate of drug-likeness (QED) is 0.863. The second kappa shape index (κ2) is 5.31. The van der Waals surface area contributed by atoms with Gasteiger partial charge in [0, 0.05) is 18.6 Å². The first-order valence-corrected chi connectivity index (χ1v) is 5.45. The number of hydrogen-bond acceptors (Lipinski definition) is 4. The van der Waals surface area contributed by atoms with Crippen LogP contribution in [0.3, 0.4) is 0 Å². The number of pyridine rings is 1. The predicted octanol–water partition coefficient (Wildman–Crippen LogP) is 1.36. The summed E-state index contributed by atoms with van der Waals surface area (Å²) in [5, 5.41) is 8.81. The van der Waals surface area contributed by atoms with Crippen LogP contribution in [-0.4, -0.2) is 32.2 Å². The molecule has 94 valence electrons. The van der Waals surface area contributed by atoms with Crippen molar-refractivity contribution in [3.63, 3.8) is 0 Å². The molecule has 0 aliphatic rings. The first-order valence-electron chi connectivity index (χ1n) is 5.45. The van der Waals surface area contributed by atoms with Crippen LogP contribution < -0.4 is 4.74 Å². The van der Waals surface area contributed by atoms with Gasteiger partial charge in [-0.1, -0.05) is 0 Å². The Hall–Kier alpha value is -2.37. The van der Waals surface area contributed by atoms with Gasteiger partial charge in [0.05, 0.1) is 18.3 Å². The molecule has 0 spiro atoms. The highest BCUT2D eigenvalue weighted by molar-refractivity contribution is 5.87. The van der Waals surface area contributed by atoms with Gasteiger partial charge in [0.1, 0.15) is 18.2 Å². The van der Waals surface area contributed by atoms with Crippen molar-refractivity contribution < 1.29 is 14.6 Å². The zero-order valence-corrected chi connectivity index (χ0v) is 9.91. The number of nitrogens with zero attached hydrogens (tertiary/aromatic N) is 3. The van der Waals surface area contributed by atoms with Crippen molar-refractivity contribution in [2.45, 2.75) is 13.5 Å². The Balaban J connectivity index is 1.92. The van der Waals surface area contributed by atoms with Crippen LogP contribution in [0.1, 0.15) is 16.2 Å². The monoisotopic (exact) mass is 247 g/mol. The Bertz CT molecular complexity index is 551. The number of carboxylic acid groups (broad SMARTS) is 1. The van der Waals surface area contributed by atoms with Gasteiger partial charge in [-0.15, -0.1) is 0 Å². The summed E-state index contributed by atoms with van der Waals surface area (Å²) >= 11 is 0. The number of hydrogen-bond donors (Lipinski definition) is 1. The van der Waals surface area contributed by atoms with E-state index >= 15 is 0 Å². The number of imidazole rings is 1. The molecule has 0 fully saturated rings. The van der Waals surface area contributed by atoms with E-state index in [1.54, 1.807) is 6.20 Å². The lowest BCUT2D eigenvalue weighted by Crippen LogP contribution is -2.09. The fourth-order valence-corrected chi connectivity index (χ4v) is 1.52. The molecule has 2 rings (SSSR count). The van der Waals surface area contributed by atoms with E-state index in [9.17, 15) is 4.79 Å². The van der Waals surface area contributed by atoms with Crippen LogP contribution >= 0.6 is 0 Å². The molecule has 0 bridgehead atoms. The molecule has 0 aliphatic heterocycles. The highest BCUT2D eigenvalue weighted by Gasteiger charge is 2.05. The van der Waals surface area contributed by atoms with E-state index in [1.165, 1.54) is 18.5 Å². The molecule has 0 saturated heterocycles. The van der Waals surface area contributed by atoms with Crippen molar-refractivity contribution in [1.29, 1.82) is 0 Å². The number of aromatic nitrogens is 3. The van der Waals surface area contributed by atoms with Gasteiger partial charge >= 0.3 is 5.97 Å². The summed E-state index contributed by atoms with van der Waals surface area (Å²) in [4.78, 5) is 18.7. The Morgan fingerprint density at radius 2 is 2.33 bits per heavy atom. The highest BCUT2D eigenvalue weighted by Crippen LogP contribution is 2.11. The van der Waals surface area contributed by atoms with Gasteiger partial charge in [-0.25, -0.2) is 9.78 Å². The molecule has 0 aromatic carbocycles. The minimum Gasteiger partial charge on any atom is -0.490 e. The maximum absolute atomic E-state index is 10.8. The number of rotatable bonds is 5. The normalized spacial score (nSPS) is 10.3. The zero-order chi connectivity index (χ0) is 13.0. The lowest BCUT2D eigenvalue weighted by Gasteiger charge is -2.08. The van der Waals surface area contributed by atoms with Crippen molar-refractivity contribution in [2.24, 2.45) is 0 Å². The first kappa shape index (κ1) is 12.1. The third kappa shape index (κ3) is 2.85. The Morgan fingerprint density at radius 3 is 3.00 bits per heavy atom. The van der Waals surface area contributed by atoms with E-state index in [2.05, 4.69) is 9.97 Å². The average Bonchev–Trinajstić information content (AvgIpc) is 2.76. The molecule has 2 aromatic heterocycles. The minimum atomic E-state index is -1.02. The maximum atomic E-state index is 10.8. The van der Waals surface area contributed by atoms with E-state index in [1.807, 2.05) is 17.7 Å². The van der Waals surface area contributed by atoms with Gasteiger partial charge in [0.15, 0.2) is 0 Å². The van der Waals surface area contributed by atoms with E-state index in [-0.39, 0.29) is 5.56 Å². The van der Waals surface area contributed by atoms with Gasteiger partial charge in [0.25, 0.3) is 0 Å². The van der Waals surface area contributed by atoms with Gasteiger partial charge < -0.3 is 14.4 Å². The van der Waals surface area contributed by atoms with Crippen LogP contribution in [0.5, 0.6) is 5.75 Å². The van der Waals surface area contributed by atoms with Crippen molar-refractivity contribution >= 4 is 5.97 Å². The maximum Gasteiger partial charge on any atom is 0.337 e. The van der Waals surface area contributed by atoms with Crippen LogP contribution in [0, 0.1) is 6.92 Å². The molecule has 0 radical (unpaired) electrons. The summed E-state index contributed by atoms with van der Waals surface area (Å²) < 4.78 is 7.40. The zero-order valence-electron chi connectivity index (χ0n) is 9.91. The number of carbonyl (C=O) groups is 1. The summed E-state index contributed by atoms with van der Waals surface area (Å²) in [6, 6.07) is 1.45. The molecular formula is C12H13N3O3. The molecule has 2 heterocycles. The number of ether oxygens (including phenoxy) is 1. The number of aromatic carboxylic acids is 1. The van der Waals surface area contributed by atoms with Crippen LogP contribution in [-0.2, 0) is 6.54 Å². The molecule has 0 amide bonds. The van der Waals surface area contributed by atoms with E-state index in [4.69, 9.17) is 9.84 Å². The van der Waals surface area contributed by atoms with Crippen LogP contribution in [0.25, 0.3) is 0 Å². The topological polar surface area (TPSA) is 77.2 Å². The fourth-order valence-electron chi connectivity index (χ4n) is 1.52. The van der Waals surface area contributed by atoms with Crippen molar-refractivity contribution in [3.05, 3.63) is 42.2 Å². The summed E-state index contributed by atoms with van der Waals surface area (Å²) in [6.07, 6.45) is 6.37. The first-order chi connectivity index (χ1) is 8.66. The summed E-state index contributed by atoms with van der Waals surface area (Å²) in [5.74, 6) is 0.349. The van der Waals surface area contributed by atoms with Crippen molar-refractivity contribution in [2.75, 3.05) is 6.61 Å². The minimum absolute atomic E-state index is 0.117. The van der Waals surface area contributed by atoms with Crippen LogP contribution in [0.4, 0.5) is 0 Å². The van der Waals surface area contributed by atoms with Crippen molar-refractivity contribution in [3.8, 4) is 5.75 Å². The second-order valence-electron chi connectivity index (χ2n) is 3.73. The lowest BCUT2D eigenvalue weighted by atomic mass is 10.3. The Kier molecular flexibility index (Phi) is 3.57. The third-order valence-corrected chi connectivity index (χ3v) is 2.48. The van der Waals surface area contributed by atoms with E-state index in [0.717, 1.165) is 5.82 Å². The third-order valence-electron chi connectivity index (χ3n) is 2.48. The number of carboxylic acids is 1. The lowest BCUT2D eigenvalue weighted by molar-refractivity contribution is 0.0696. The predicted molar refractivity (Wildman–Crippen MR) is 63.7 cm³/mol.